The molecule has 0 bridgehead atoms. The maximum atomic E-state index is 14.0. The van der Waals surface area contributed by atoms with Crippen molar-refractivity contribution in [3.8, 4) is 0 Å². The first-order chi connectivity index (χ1) is 24.0. The number of aliphatic carboxylic acids is 1. The predicted octanol–water partition coefficient (Wildman–Crippen LogP) is 1.91. The lowest BCUT2D eigenvalue weighted by atomic mass is 9.84. The fourth-order valence-corrected chi connectivity index (χ4v) is 11.2. The summed E-state index contributed by atoms with van der Waals surface area (Å²) in [6.45, 7) is -0.253. The Hall–Kier alpha value is -2.96. The van der Waals surface area contributed by atoms with Gasteiger partial charge < -0.3 is 20.9 Å². The Morgan fingerprint density at radius 1 is 1.08 bits per heavy atom. The van der Waals surface area contributed by atoms with Gasteiger partial charge in [-0.15, -0.1) is 41.8 Å². The summed E-state index contributed by atoms with van der Waals surface area (Å²) in [4.78, 5) is 81.7. The molecule has 51 heavy (non-hydrogen) atoms. The standard InChI is InChI=1S/C25H36N4O18P2S2/c1-24(48(37,44-39-2)45-40-3,49(38,46-41-4)47-42-5)9-7-10-28(36)20(33)25(27-17(30)12-16-8-6-11-50-16)21(34)29-18(19(31)32)15(13-43-23(26)35)14-51-22(25)29/h6,8,11,22,36H,7,9-10,12-14H2,1-5H3,(H2,26,35)(H,27,30)(H,31,32). The van der Waals surface area contributed by atoms with Crippen LogP contribution in [0.1, 0.15) is 24.6 Å². The number of primary amides is 1. The molecule has 26 heteroatoms. The van der Waals surface area contributed by atoms with E-state index in [-0.39, 0.29) is 22.8 Å². The van der Waals surface area contributed by atoms with Gasteiger partial charge in [-0.1, -0.05) is 6.07 Å². The zero-order chi connectivity index (χ0) is 38.2. The highest BCUT2D eigenvalue weighted by Gasteiger charge is 2.71. The molecule has 0 spiro atoms. The SMILES string of the molecule is COOP(=O)(OOC)C(C)(CCCN(O)C(=O)C1(NC(=O)Cc2cccs2)C(=O)N2C(C(=O)O)=C(COC(N)=O)CSC21)P(=O)(OOC)OOC. The number of amides is 4. The molecule has 2 unspecified atom stereocenters. The quantitative estimate of drug-likeness (QED) is 0.0344. The molecular formula is C25H36N4O18P2S2. The smallest absolute Gasteiger partial charge is 0.404 e. The zero-order valence-electron chi connectivity index (χ0n) is 27.7. The van der Waals surface area contributed by atoms with Crippen LogP contribution in [0.3, 0.4) is 0 Å². The van der Waals surface area contributed by atoms with Crippen LogP contribution in [0.2, 0.25) is 0 Å². The van der Waals surface area contributed by atoms with Crippen LogP contribution in [0, 0.1) is 0 Å². The van der Waals surface area contributed by atoms with Crippen LogP contribution in [0.4, 0.5) is 4.79 Å². The van der Waals surface area contributed by atoms with Crippen LogP contribution >= 0.6 is 38.3 Å². The van der Waals surface area contributed by atoms with E-state index >= 15 is 0 Å². The average Bonchev–Trinajstić information content (AvgIpc) is 3.58. The molecule has 1 fully saturated rings. The molecule has 5 N–H and O–H groups in total. The minimum Gasteiger partial charge on any atom is -0.477 e. The molecule has 0 radical (unpaired) electrons. The van der Waals surface area contributed by atoms with Crippen molar-refractivity contribution in [1.82, 2.24) is 15.3 Å². The van der Waals surface area contributed by atoms with E-state index < -0.39 is 92.5 Å². The summed E-state index contributed by atoms with van der Waals surface area (Å²) >= 11 is 2.06. The molecule has 0 aromatic carbocycles. The first-order valence-corrected chi connectivity index (χ1v) is 19.3. The van der Waals surface area contributed by atoms with Crippen molar-refractivity contribution in [2.75, 3.05) is 47.3 Å². The van der Waals surface area contributed by atoms with Crippen molar-refractivity contribution in [1.29, 1.82) is 0 Å². The maximum absolute atomic E-state index is 14.0. The Labute approximate surface area is 298 Å². The monoisotopic (exact) mass is 806 g/mol. The zero-order valence-corrected chi connectivity index (χ0v) is 31.1. The Morgan fingerprint density at radius 2 is 1.65 bits per heavy atom. The second-order valence-corrected chi connectivity index (χ2v) is 17.5. The number of hydroxylamine groups is 2. The topological polar surface area (TPSA) is 288 Å². The molecule has 0 saturated carbocycles. The van der Waals surface area contributed by atoms with Gasteiger partial charge in [0.05, 0.1) is 34.9 Å². The predicted molar refractivity (Wildman–Crippen MR) is 171 cm³/mol. The van der Waals surface area contributed by atoms with Crippen LogP contribution in [-0.2, 0) is 77.7 Å². The van der Waals surface area contributed by atoms with Gasteiger partial charge in [0.2, 0.25) is 11.4 Å². The maximum Gasteiger partial charge on any atom is 0.404 e. The lowest BCUT2D eigenvalue weighted by Gasteiger charge is -2.56. The fraction of sp³-hybridized carbons (Fsp3) is 0.560. The van der Waals surface area contributed by atoms with Gasteiger partial charge in [-0.25, -0.2) is 34.2 Å². The fourth-order valence-electron chi connectivity index (χ4n) is 5.12. The van der Waals surface area contributed by atoms with E-state index in [9.17, 15) is 43.4 Å². The number of hydrogen-bond acceptors (Lipinski definition) is 19. The van der Waals surface area contributed by atoms with E-state index in [1.54, 1.807) is 17.5 Å². The number of β-lactam (4-membered cyclic amide) rings is 1. The number of thioether (sulfide) groups is 1. The number of fused-ring (bicyclic) bond motifs is 1. The van der Waals surface area contributed by atoms with Gasteiger partial charge in [0.25, 0.3) is 11.8 Å². The van der Waals surface area contributed by atoms with Crippen LogP contribution in [0.25, 0.3) is 0 Å². The largest absolute Gasteiger partial charge is 0.477 e. The van der Waals surface area contributed by atoms with Gasteiger partial charge in [0.15, 0.2) is 4.90 Å². The number of ether oxygens (including phenoxy) is 1. The lowest BCUT2D eigenvalue weighted by Crippen LogP contribution is -2.84. The molecule has 0 aliphatic carbocycles. The summed E-state index contributed by atoms with van der Waals surface area (Å²) in [6, 6.07) is 3.31. The van der Waals surface area contributed by atoms with E-state index in [4.69, 9.17) is 29.2 Å². The molecule has 1 saturated heterocycles. The van der Waals surface area contributed by atoms with Gasteiger partial charge in [-0.05, 0) is 31.2 Å². The molecule has 2 aliphatic rings. The van der Waals surface area contributed by atoms with Gasteiger partial charge in [-0.2, -0.15) is 0 Å². The molecule has 2 aliphatic heterocycles. The molecule has 22 nitrogen and oxygen atoms in total. The van der Waals surface area contributed by atoms with Crippen LogP contribution in [0.15, 0.2) is 28.8 Å². The highest BCUT2D eigenvalue weighted by atomic mass is 32.2. The van der Waals surface area contributed by atoms with Crippen molar-refractivity contribution in [2.45, 2.75) is 42.0 Å². The molecule has 1 aromatic heterocycles. The summed E-state index contributed by atoms with van der Waals surface area (Å²) in [5.74, 6) is -5.21. The van der Waals surface area contributed by atoms with E-state index in [0.717, 1.165) is 52.0 Å². The number of carboxylic acid groups (broad SMARTS) is 1. The Kier molecular flexibility index (Phi) is 14.7. The number of nitrogens with two attached hydrogens (primary N) is 1. The minimum absolute atomic E-state index is 0.0241. The summed E-state index contributed by atoms with van der Waals surface area (Å²) in [5.41, 5.74) is 1.84. The number of carbonyl (C=O) groups is 5. The van der Waals surface area contributed by atoms with Crippen molar-refractivity contribution in [3.05, 3.63) is 33.7 Å². The molecule has 3 heterocycles. The van der Waals surface area contributed by atoms with Crippen molar-refractivity contribution < 1.29 is 86.4 Å². The highest BCUT2D eigenvalue weighted by molar-refractivity contribution is 8.00. The summed E-state index contributed by atoms with van der Waals surface area (Å²) < 4.78 is 51.7. The molecule has 286 valence electrons. The average molecular weight is 807 g/mol. The number of thiophene rings is 1. The van der Waals surface area contributed by atoms with Gasteiger partial charge in [-0.3, -0.25) is 33.6 Å². The highest BCUT2D eigenvalue weighted by Crippen LogP contribution is 2.79. The number of rotatable bonds is 21. The van der Waals surface area contributed by atoms with Crippen LogP contribution in [-0.4, -0.2) is 113 Å². The number of hydrogen-bond donors (Lipinski definition) is 4. The third-order valence-electron chi connectivity index (χ3n) is 7.46. The van der Waals surface area contributed by atoms with Gasteiger partial charge in [0, 0.05) is 22.7 Å². The summed E-state index contributed by atoms with van der Waals surface area (Å²) in [6.07, 6.45) is -2.53. The third kappa shape index (κ3) is 8.49. The van der Waals surface area contributed by atoms with E-state index in [2.05, 4.69) is 24.9 Å². The van der Waals surface area contributed by atoms with Gasteiger partial charge >= 0.3 is 27.3 Å². The minimum atomic E-state index is -4.87. The van der Waals surface area contributed by atoms with E-state index in [1.807, 2.05) is 0 Å². The number of nitrogens with one attached hydrogen (secondary N) is 1. The lowest BCUT2D eigenvalue weighted by molar-refractivity contribution is -0.255. The third-order valence-corrected chi connectivity index (χ3v) is 15.4. The molecule has 3 rings (SSSR count). The summed E-state index contributed by atoms with van der Waals surface area (Å²) in [7, 11) is -5.93. The Bertz CT molecular complexity index is 1540. The van der Waals surface area contributed by atoms with E-state index in [0.29, 0.717) is 4.88 Å². The second-order valence-electron chi connectivity index (χ2n) is 10.5. The first kappa shape index (κ1) is 42.5. The molecule has 4 amide bonds. The molecular weight excluding hydrogens is 770 g/mol. The molecule has 1 aromatic rings. The van der Waals surface area contributed by atoms with E-state index in [1.165, 1.54) is 11.3 Å². The Balaban J connectivity index is 1.97. The Morgan fingerprint density at radius 3 is 2.12 bits per heavy atom. The first-order valence-electron chi connectivity index (χ1n) is 14.3. The second kappa shape index (κ2) is 17.7. The van der Waals surface area contributed by atoms with Crippen molar-refractivity contribution >= 4 is 68.1 Å². The number of carboxylic acids is 1. The van der Waals surface area contributed by atoms with Crippen molar-refractivity contribution in [2.24, 2.45) is 5.73 Å². The van der Waals surface area contributed by atoms with Crippen molar-refractivity contribution in [3.63, 3.8) is 0 Å². The number of nitrogens with zero attached hydrogens (tertiary/aromatic N) is 2. The van der Waals surface area contributed by atoms with Gasteiger partial charge in [0.1, 0.15) is 17.7 Å². The number of carbonyl (C=O) groups excluding carboxylic acids is 4. The molecule has 2 atom stereocenters. The normalized spacial score (nSPS) is 19.3. The summed E-state index contributed by atoms with van der Waals surface area (Å²) in [5, 5.41) is 23.8. The van der Waals surface area contributed by atoms with Crippen LogP contribution in [0.5, 0.6) is 0 Å². The van der Waals surface area contributed by atoms with Crippen LogP contribution < -0.4 is 11.1 Å².